The van der Waals surface area contributed by atoms with Gasteiger partial charge in [-0.3, -0.25) is 9.69 Å². The molecule has 4 nitrogen and oxygen atoms in total. The zero-order chi connectivity index (χ0) is 24.2. The molecule has 1 aliphatic rings. The summed E-state index contributed by atoms with van der Waals surface area (Å²) >= 11 is 0. The lowest BCUT2D eigenvalue weighted by molar-refractivity contribution is 0.104. The zero-order valence-electron chi connectivity index (χ0n) is 19.5. The summed E-state index contributed by atoms with van der Waals surface area (Å²) in [6.45, 7) is 3.76. The maximum absolute atomic E-state index is 14.7. The number of carbonyl (C=O) groups is 1. The van der Waals surface area contributed by atoms with Crippen molar-refractivity contribution < 1.29 is 19.0 Å². The van der Waals surface area contributed by atoms with Gasteiger partial charge in [0, 0.05) is 23.2 Å². The average molecular weight is 470 g/mol. The Kier molecular flexibility index (Phi) is 6.77. The molecule has 0 saturated carbocycles. The maximum atomic E-state index is 14.7. The van der Waals surface area contributed by atoms with Crippen LogP contribution >= 0.6 is 0 Å². The normalized spacial score (nSPS) is 14.2. The predicted octanol–water partition coefficient (Wildman–Crippen LogP) is 6.45. The molecule has 5 rings (SSSR count). The summed E-state index contributed by atoms with van der Waals surface area (Å²) in [5.74, 6) is 0.230. The molecule has 0 spiro atoms. The molecule has 0 atom stereocenters. The lowest BCUT2D eigenvalue weighted by Crippen LogP contribution is -2.33. The lowest BCUT2D eigenvalue weighted by Gasteiger charge is -2.26. The third kappa shape index (κ3) is 5.05. The molecule has 0 amide bonds. The van der Waals surface area contributed by atoms with Crippen LogP contribution in [0.15, 0.2) is 78.9 Å². The number of carbonyl (C=O) groups excluding carboxylic acids is 1. The first-order valence-electron chi connectivity index (χ1n) is 12.1. The van der Waals surface area contributed by atoms with E-state index in [9.17, 15) is 14.3 Å². The number of ketones is 1. The van der Waals surface area contributed by atoms with E-state index in [-0.39, 0.29) is 11.5 Å². The average Bonchev–Trinajstić information content (AvgIpc) is 2.89. The van der Waals surface area contributed by atoms with Crippen molar-refractivity contribution in [2.75, 3.05) is 26.2 Å². The Bertz CT molecular complexity index is 1340. The van der Waals surface area contributed by atoms with Gasteiger partial charge in [-0.1, -0.05) is 36.8 Å². The summed E-state index contributed by atoms with van der Waals surface area (Å²) in [5, 5.41) is 11.3. The molecular formula is C30H28FNO3. The highest BCUT2D eigenvalue weighted by Gasteiger charge is 2.20. The lowest BCUT2D eigenvalue weighted by atomic mass is 9.89. The molecule has 1 aliphatic heterocycles. The number of halogens is 1. The molecule has 0 radical (unpaired) electrons. The number of fused-ring (bicyclic) bond motifs is 1. The Hall–Kier alpha value is -3.70. The van der Waals surface area contributed by atoms with Crippen molar-refractivity contribution in [2.45, 2.75) is 19.3 Å². The van der Waals surface area contributed by atoms with Gasteiger partial charge < -0.3 is 9.84 Å². The monoisotopic (exact) mass is 469 g/mol. The number of phenolic OH excluding ortho intramolecular Hbond substituents is 1. The van der Waals surface area contributed by atoms with Crippen molar-refractivity contribution in [3.05, 3.63) is 95.8 Å². The zero-order valence-corrected chi connectivity index (χ0v) is 19.5. The van der Waals surface area contributed by atoms with E-state index in [0.717, 1.165) is 25.4 Å². The highest BCUT2D eigenvalue weighted by Crippen LogP contribution is 2.35. The Morgan fingerprint density at radius 2 is 1.66 bits per heavy atom. The molecule has 1 N–H and O–H groups in total. The minimum atomic E-state index is -0.392. The summed E-state index contributed by atoms with van der Waals surface area (Å²) in [7, 11) is 0. The number of ether oxygens (including phenoxy) is 1. The number of benzene rings is 4. The molecule has 4 aromatic rings. The second kappa shape index (κ2) is 10.3. The molecule has 5 heteroatoms. The highest BCUT2D eigenvalue weighted by atomic mass is 19.1. The predicted molar refractivity (Wildman–Crippen MR) is 137 cm³/mol. The molecule has 0 aromatic heterocycles. The SMILES string of the molecule is O=C(c1ccc(OCCN2CCCCC2)cc1)c1c(-c2ccccc2F)ccc2cc(O)ccc12. The van der Waals surface area contributed by atoms with Crippen LogP contribution in [0.5, 0.6) is 11.5 Å². The van der Waals surface area contributed by atoms with Crippen LogP contribution < -0.4 is 4.74 Å². The summed E-state index contributed by atoms with van der Waals surface area (Å²) < 4.78 is 20.6. The molecule has 1 fully saturated rings. The van der Waals surface area contributed by atoms with E-state index in [2.05, 4.69) is 4.90 Å². The molecule has 4 aromatic carbocycles. The second-order valence-electron chi connectivity index (χ2n) is 8.98. The van der Waals surface area contributed by atoms with E-state index in [0.29, 0.717) is 39.6 Å². The molecule has 0 aliphatic carbocycles. The largest absolute Gasteiger partial charge is 0.508 e. The van der Waals surface area contributed by atoms with Gasteiger partial charge in [-0.25, -0.2) is 4.39 Å². The molecule has 1 saturated heterocycles. The van der Waals surface area contributed by atoms with Gasteiger partial charge in [-0.2, -0.15) is 0 Å². The van der Waals surface area contributed by atoms with Crippen LogP contribution in [0.25, 0.3) is 21.9 Å². The van der Waals surface area contributed by atoms with Crippen molar-refractivity contribution in [1.82, 2.24) is 4.90 Å². The smallest absolute Gasteiger partial charge is 0.194 e. The van der Waals surface area contributed by atoms with Gasteiger partial charge in [0.05, 0.1) is 0 Å². The number of nitrogens with zero attached hydrogens (tertiary/aromatic N) is 1. The van der Waals surface area contributed by atoms with Crippen molar-refractivity contribution in [3.8, 4) is 22.6 Å². The van der Waals surface area contributed by atoms with E-state index in [4.69, 9.17) is 4.74 Å². The maximum Gasteiger partial charge on any atom is 0.194 e. The molecular weight excluding hydrogens is 441 g/mol. The Morgan fingerprint density at radius 3 is 2.43 bits per heavy atom. The van der Waals surface area contributed by atoms with Crippen molar-refractivity contribution in [2.24, 2.45) is 0 Å². The van der Waals surface area contributed by atoms with Gasteiger partial charge >= 0.3 is 0 Å². The molecule has 35 heavy (non-hydrogen) atoms. The first kappa shape index (κ1) is 23.1. The van der Waals surface area contributed by atoms with Crippen LogP contribution in [-0.2, 0) is 0 Å². The van der Waals surface area contributed by atoms with Crippen molar-refractivity contribution >= 4 is 16.6 Å². The summed E-state index contributed by atoms with van der Waals surface area (Å²) in [6, 6.07) is 22.0. The van der Waals surface area contributed by atoms with Gasteiger partial charge in [0.25, 0.3) is 0 Å². The molecule has 0 bridgehead atoms. The van der Waals surface area contributed by atoms with Crippen LogP contribution in [0.1, 0.15) is 35.2 Å². The highest BCUT2D eigenvalue weighted by molar-refractivity contribution is 6.20. The van der Waals surface area contributed by atoms with Gasteiger partial charge in [-0.05, 0) is 90.8 Å². The molecule has 0 unspecified atom stereocenters. The number of aromatic hydroxyl groups is 1. The Morgan fingerprint density at radius 1 is 0.886 bits per heavy atom. The Balaban J connectivity index is 1.43. The van der Waals surface area contributed by atoms with E-state index < -0.39 is 5.82 Å². The van der Waals surface area contributed by atoms with E-state index >= 15 is 0 Å². The van der Waals surface area contributed by atoms with Gasteiger partial charge in [0.15, 0.2) is 5.78 Å². The van der Waals surface area contributed by atoms with Gasteiger partial charge in [0.2, 0.25) is 0 Å². The van der Waals surface area contributed by atoms with Crippen molar-refractivity contribution in [3.63, 3.8) is 0 Å². The van der Waals surface area contributed by atoms with Crippen LogP contribution in [0.2, 0.25) is 0 Å². The van der Waals surface area contributed by atoms with Crippen LogP contribution in [0.4, 0.5) is 4.39 Å². The standard InChI is InChI=1S/C30H28FNO3/c31-28-7-3-2-6-26(28)27-14-10-22-20-23(33)11-15-25(22)29(27)30(34)21-8-12-24(13-9-21)35-19-18-32-16-4-1-5-17-32/h2-3,6-15,20,33H,1,4-5,16-19H2. The second-order valence-corrected chi connectivity index (χ2v) is 8.98. The topological polar surface area (TPSA) is 49.8 Å². The van der Waals surface area contributed by atoms with E-state index in [1.54, 1.807) is 60.7 Å². The number of phenols is 1. The first-order chi connectivity index (χ1) is 17.1. The van der Waals surface area contributed by atoms with E-state index in [1.165, 1.54) is 25.3 Å². The molecule has 178 valence electrons. The van der Waals surface area contributed by atoms with Gasteiger partial charge in [0.1, 0.15) is 23.9 Å². The van der Waals surface area contributed by atoms with Crippen LogP contribution in [0, 0.1) is 5.82 Å². The minimum Gasteiger partial charge on any atom is -0.508 e. The Labute approximate surface area is 204 Å². The first-order valence-corrected chi connectivity index (χ1v) is 12.1. The molecule has 1 heterocycles. The summed E-state index contributed by atoms with van der Waals surface area (Å²) in [4.78, 5) is 16.2. The van der Waals surface area contributed by atoms with E-state index in [1.807, 2.05) is 12.1 Å². The van der Waals surface area contributed by atoms with Crippen molar-refractivity contribution in [1.29, 1.82) is 0 Å². The third-order valence-corrected chi connectivity index (χ3v) is 6.64. The van der Waals surface area contributed by atoms with Crippen LogP contribution in [-0.4, -0.2) is 42.0 Å². The minimum absolute atomic E-state index is 0.112. The fourth-order valence-corrected chi connectivity index (χ4v) is 4.79. The number of rotatable bonds is 7. The number of piperidine rings is 1. The van der Waals surface area contributed by atoms with Crippen LogP contribution in [0.3, 0.4) is 0 Å². The number of hydrogen-bond acceptors (Lipinski definition) is 4. The number of hydrogen-bond donors (Lipinski definition) is 1. The quantitative estimate of drug-likeness (QED) is 0.316. The summed E-state index contributed by atoms with van der Waals surface area (Å²) in [5.41, 5.74) is 1.79. The fraction of sp³-hybridized carbons (Fsp3) is 0.233. The number of likely N-dealkylation sites (tertiary alicyclic amines) is 1. The van der Waals surface area contributed by atoms with Gasteiger partial charge in [-0.15, -0.1) is 0 Å². The fourth-order valence-electron chi connectivity index (χ4n) is 4.79. The third-order valence-electron chi connectivity index (χ3n) is 6.64. The summed E-state index contributed by atoms with van der Waals surface area (Å²) in [6.07, 6.45) is 3.81.